The normalized spacial score (nSPS) is 16.2. The van der Waals surface area contributed by atoms with Crippen LogP contribution in [0.2, 0.25) is 41.3 Å². The van der Waals surface area contributed by atoms with E-state index in [0.717, 1.165) is 0 Å². The van der Waals surface area contributed by atoms with Crippen molar-refractivity contribution in [2.75, 3.05) is 0 Å². The van der Waals surface area contributed by atoms with Crippen LogP contribution >= 0.6 is 0 Å². The highest BCUT2D eigenvalue weighted by atomic mass is 28.5. The largest absolute Gasteiger partial charge is 0.527 e. The first kappa shape index (κ1) is 23.4. The molecule has 140 valence electrons. The molecule has 0 unspecified atom stereocenters. The third kappa shape index (κ3) is 4.74. The summed E-state index contributed by atoms with van der Waals surface area (Å²) in [5, 5.41) is -1.35. The number of hydrogen-bond acceptors (Lipinski definition) is 2. The smallest absolute Gasteiger partial charge is 0.352 e. The summed E-state index contributed by atoms with van der Waals surface area (Å²) in [6, 6.07) is 0. The molecule has 0 aromatic rings. The predicted molar refractivity (Wildman–Crippen MR) is 105 cm³/mol. The predicted octanol–water partition coefficient (Wildman–Crippen LogP) is 6.91. The SMILES string of the molecule is CC(C)(C)[Si](C)(C)ON([Si](C)(C)C(C)(C)C)[Si](F)(F)C(C)(C)C. The van der Waals surface area contributed by atoms with Crippen LogP contribution in [0.5, 0.6) is 0 Å². The fraction of sp³-hybridized carbons (Fsp3) is 1.00. The van der Waals surface area contributed by atoms with Crippen molar-refractivity contribution in [2.24, 2.45) is 0 Å². The van der Waals surface area contributed by atoms with Gasteiger partial charge in [-0.15, -0.1) is 0 Å². The molecule has 0 bridgehead atoms. The van der Waals surface area contributed by atoms with Gasteiger partial charge in [0.2, 0.25) is 8.32 Å². The maximum atomic E-state index is 15.5. The number of nitrogens with zero attached hydrogens (tertiary/aromatic N) is 1. The van der Waals surface area contributed by atoms with Crippen molar-refractivity contribution in [3.8, 4) is 0 Å². The summed E-state index contributed by atoms with van der Waals surface area (Å²) >= 11 is 0. The zero-order valence-electron chi connectivity index (χ0n) is 17.6. The molecule has 7 heteroatoms. The molecule has 0 aliphatic carbocycles. The van der Waals surface area contributed by atoms with Crippen LogP contribution in [0, 0.1) is 0 Å². The van der Waals surface area contributed by atoms with E-state index in [4.69, 9.17) is 4.53 Å². The third-order valence-corrected chi connectivity index (χ3v) is 19.9. The van der Waals surface area contributed by atoms with Gasteiger partial charge >= 0.3 is 8.90 Å². The Labute approximate surface area is 146 Å². The molecule has 0 heterocycles. The highest BCUT2D eigenvalue weighted by Crippen LogP contribution is 2.50. The Morgan fingerprint density at radius 3 is 1.22 bits per heavy atom. The minimum atomic E-state index is -4.76. The van der Waals surface area contributed by atoms with Gasteiger partial charge < -0.3 is 4.53 Å². The van der Waals surface area contributed by atoms with Crippen LogP contribution in [-0.4, -0.2) is 29.9 Å². The quantitative estimate of drug-likeness (QED) is 0.297. The lowest BCUT2D eigenvalue weighted by atomic mass is 10.2. The van der Waals surface area contributed by atoms with E-state index < -0.39 is 30.5 Å². The highest BCUT2D eigenvalue weighted by Gasteiger charge is 2.64. The van der Waals surface area contributed by atoms with Gasteiger partial charge in [0, 0.05) is 5.04 Å². The van der Waals surface area contributed by atoms with Gasteiger partial charge in [-0.05, 0) is 23.2 Å². The van der Waals surface area contributed by atoms with Crippen LogP contribution in [-0.2, 0) is 4.53 Å². The molecule has 0 aromatic carbocycles. The molecule has 23 heavy (non-hydrogen) atoms. The zero-order valence-corrected chi connectivity index (χ0v) is 20.6. The third-order valence-electron chi connectivity index (χ3n) is 5.63. The van der Waals surface area contributed by atoms with E-state index in [9.17, 15) is 0 Å². The first-order valence-corrected chi connectivity index (χ1v) is 16.0. The monoisotopic (exact) mass is 383 g/mol. The molecule has 2 nitrogen and oxygen atoms in total. The Bertz CT molecular complexity index is 393. The maximum Gasteiger partial charge on any atom is 0.527 e. The van der Waals surface area contributed by atoms with Gasteiger partial charge in [0.1, 0.15) is 0 Å². The van der Waals surface area contributed by atoms with Crippen LogP contribution in [0.4, 0.5) is 8.22 Å². The molecule has 0 spiro atoms. The van der Waals surface area contributed by atoms with E-state index in [1.165, 1.54) is 4.39 Å². The van der Waals surface area contributed by atoms with Crippen molar-refractivity contribution in [1.29, 1.82) is 0 Å². The molecule has 0 saturated heterocycles. The van der Waals surface area contributed by atoms with Gasteiger partial charge in [-0.2, -0.15) is 4.39 Å². The van der Waals surface area contributed by atoms with Crippen molar-refractivity contribution in [1.82, 2.24) is 4.39 Å². The second kappa shape index (κ2) is 6.30. The number of halogens is 2. The molecule has 0 amide bonds. The molecule has 0 aliphatic rings. The topological polar surface area (TPSA) is 12.5 Å². The van der Waals surface area contributed by atoms with Gasteiger partial charge in [0.15, 0.2) is 8.24 Å². The van der Waals surface area contributed by atoms with E-state index in [1.54, 1.807) is 20.8 Å². The minimum Gasteiger partial charge on any atom is -0.352 e. The molecule has 0 N–H and O–H groups in total. The molecule has 0 saturated carbocycles. The van der Waals surface area contributed by atoms with Crippen molar-refractivity contribution in [3.63, 3.8) is 0 Å². The van der Waals surface area contributed by atoms with Crippen LogP contribution in [0.1, 0.15) is 62.3 Å². The second-order valence-electron chi connectivity index (χ2n) is 10.7. The molecule has 0 fully saturated rings. The van der Waals surface area contributed by atoms with Crippen molar-refractivity contribution < 1.29 is 12.7 Å². The first-order valence-electron chi connectivity index (χ1n) is 8.46. The average Bonchev–Trinajstić information content (AvgIpc) is 2.20. The molecule has 0 atom stereocenters. The minimum absolute atomic E-state index is 0.101. The second-order valence-corrected chi connectivity index (χ2v) is 23.9. The molecular formula is C16H39F2NOSi3. The number of rotatable bonds is 4. The van der Waals surface area contributed by atoms with Crippen molar-refractivity contribution in [2.45, 2.75) is 104 Å². The summed E-state index contributed by atoms with van der Waals surface area (Å²) in [6.45, 7) is 25.6. The Hall–Kier alpha value is 0.431. The summed E-state index contributed by atoms with van der Waals surface area (Å²) in [4.78, 5) is 0. The van der Waals surface area contributed by atoms with Crippen LogP contribution in [0.25, 0.3) is 0 Å². The van der Waals surface area contributed by atoms with E-state index in [2.05, 4.69) is 54.6 Å². The molecule has 0 rings (SSSR count). The summed E-state index contributed by atoms with van der Waals surface area (Å²) in [6.07, 6.45) is 0. The Morgan fingerprint density at radius 1 is 0.652 bits per heavy atom. The van der Waals surface area contributed by atoms with Crippen LogP contribution in [0.15, 0.2) is 0 Å². The van der Waals surface area contributed by atoms with Gasteiger partial charge in [-0.25, -0.2) is 0 Å². The summed E-state index contributed by atoms with van der Waals surface area (Å²) in [7, 11) is -9.60. The standard InChI is InChI=1S/C16H39F2NOSi3/c1-14(2,3)21(10,11)19(23(17,18)16(7,8)9)20-22(12,13)15(4,5)6/h1-13H3. The van der Waals surface area contributed by atoms with E-state index in [0.29, 0.717) is 0 Å². The van der Waals surface area contributed by atoms with Crippen molar-refractivity contribution in [3.05, 3.63) is 0 Å². The molecule has 0 aromatic heterocycles. The Morgan fingerprint density at radius 2 is 1.00 bits per heavy atom. The lowest BCUT2D eigenvalue weighted by molar-refractivity contribution is 0.0447. The first-order chi connectivity index (χ1) is 9.59. The lowest BCUT2D eigenvalue weighted by Gasteiger charge is -2.53. The van der Waals surface area contributed by atoms with Crippen LogP contribution in [0.3, 0.4) is 0 Å². The zero-order chi connectivity index (χ0) is 19.3. The highest BCUT2D eigenvalue weighted by molar-refractivity contribution is 6.89. The average molecular weight is 384 g/mol. The summed E-state index contributed by atoms with van der Waals surface area (Å²) in [5.41, 5.74) is 0. The van der Waals surface area contributed by atoms with Gasteiger partial charge in [0.25, 0.3) is 0 Å². The maximum absolute atomic E-state index is 15.5. The van der Waals surface area contributed by atoms with E-state index in [-0.39, 0.29) is 10.1 Å². The van der Waals surface area contributed by atoms with Gasteiger partial charge in [0.05, 0.1) is 0 Å². The fourth-order valence-corrected chi connectivity index (χ4v) is 11.0. The Balaban J connectivity index is 6.18. The fourth-order valence-electron chi connectivity index (χ4n) is 1.50. The molecule has 0 aliphatic heterocycles. The van der Waals surface area contributed by atoms with Gasteiger partial charge in [-0.1, -0.05) is 75.4 Å². The number of hydrogen-bond donors (Lipinski definition) is 0. The van der Waals surface area contributed by atoms with Crippen molar-refractivity contribution >= 4 is 25.5 Å². The van der Waals surface area contributed by atoms with E-state index in [1.807, 2.05) is 13.1 Å². The summed E-state index contributed by atoms with van der Waals surface area (Å²) in [5.74, 6) is 0. The molecular weight excluding hydrogens is 344 g/mol. The molecule has 0 radical (unpaired) electrons. The summed E-state index contributed by atoms with van der Waals surface area (Å²) < 4.78 is 38.7. The van der Waals surface area contributed by atoms with E-state index >= 15 is 8.22 Å². The lowest BCUT2D eigenvalue weighted by Crippen LogP contribution is -2.70. The van der Waals surface area contributed by atoms with Gasteiger partial charge in [-0.3, -0.25) is 8.22 Å². The Kier molecular flexibility index (Phi) is 6.42. The van der Waals surface area contributed by atoms with Crippen LogP contribution < -0.4 is 0 Å².